The first-order valence-corrected chi connectivity index (χ1v) is 22.2. The average molecular weight is 861 g/mol. The van der Waals surface area contributed by atoms with E-state index < -0.39 is 7.26 Å². The van der Waals surface area contributed by atoms with E-state index in [4.69, 9.17) is 28.4 Å². The van der Waals surface area contributed by atoms with Crippen LogP contribution in [0.25, 0.3) is 0 Å². The Morgan fingerprint density at radius 1 is 0.547 bits per heavy atom. The Balaban J connectivity index is 0.00000627. The standard InChI is InChI=1S/C45H66O6P.HI/c1-4-5-6-7-8-9-10-20-28-40(48-35-46-2)42-30-32-44(50-42)45-33-31-43(51-45)41(49-36-47-3)29-21-34-52(37-22-14-11-15-23-37,38-24-16-12-17-25-38)39-26-18-13-19-27-39;/h11-19,22-27,40-45H,4-10,20-21,28-36H2,1-3H3;1H/q+1;/p-1/t40-,41+,42+,43+,44+,45+;/m0./s1. The van der Waals surface area contributed by atoms with Crippen molar-refractivity contribution in [1.29, 1.82) is 0 Å². The van der Waals surface area contributed by atoms with E-state index in [-0.39, 0.29) is 67.4 Å². The molecule has 0 spiro atoms. The van der Waals surface area contributed by atoms with Gasteiger partial charge < -0.3 is 52.4 Å². The fraction of sp³-hybridized carbons (Fsp3) is 0.600. The molecule has 0 aromatic heterocycles. The summed E-state index contributed by atoms with van der Waals surface area (Å²) in [6.45, 7) is 2.86. The van der Waals surface area contributed by atoms with Gasteiger partial charge in [0, 0.05) is 14.2 Å². The summed E-state index contributed by atoms with van der Waals surface area (Å²) >= 11 is 0. The molecule has 53 heavy (non-hydrogen) atoms. The van der Waals surface area contributed by atoms with Crippen LogP contribution in [0.2, 0.25) is 0 Å². The Labute approximate surface area is 338 Å². The summed E-state index contributed by atoms with van der Waals surface area (Å²) in [7, 11) is 1.50. The molecule has 3 aromatic rings. The second-order valence-electron chi connectivity index (χ2n) is 14.7. The molecule has 2 fully saturated rings. The maximum Gasteiger partial charge on any atom is 0.146 e. The zero-order valence-corrected chi connectivity index (χ0v) is 35.7. The van der Waals surface area contributed by atoms with Crippen LogP contribution in [0.1, 0.15) is 103 Å². The van der Waals surface area contributed by atoms with Gasteiger partial charge in [-0.15, -0.1) is 0 Å². The molecule has 6 nitrogen and oxygen atoms in total. The Morgan fingerprint density at radius 2 is 0.943 bits per heavy atom. The molecule has 0 amide bonds. The van der Waals surface area contributed by atoms with Gasteiger partial charge in [0.1, 0.15) is 36.8 Å². The lowest BCUT2D eigenvalue weighted by atomic mass is 10.0. The van der Waals surface area contributed by atoms with Gasteiger partial charge >= 0.3 is 0 Å². The van der Waals surface area contributed by atoms with Gasteiger partial charge in [0.05, 0.1) is 42.8 Å². The van der Waals surface area contributed by atoms with Gasteiger partial charge in [0.15, 0.2) is 0 Å². The van der Waals surface area contributed by atoms with Crippen molar-refractivity contribution in [3.8, 4) is 0 Å². The first-order chi connectivity index (χ1) is 25.7. The largest absolute Gasteiger partial charge is 1.00 e. The number of unbranched alkanes of at least 4 members (excludes halogenated alkanes) is 7. The number of benzene rings is 3. The molecule has 0 bridgehead atoms. The van der Waals surface area contributed by atoms with Gasteiger partial charge in [-0.2, -0.15) is 0 Å². The van der Waals surface area contributed by atoms with Crippen molar-refractivity contribution < 1.29 is 52.4 Å². The van der Waals surface area contributed by atoms with Crippen LogP contribution in [-0.2, 0) is 28.4 Å². The number of hydrogen-bond donors (Lipinski definition) is 0. The second-order valence-corrected chi connectivity index (χ2v) is 18.4. The maximum absolute atomic E-state index is 6.84. The third-order valence-corrected chi connectivity index (χ3v) is 15.7. The fourth-order valence-corrected chi connectivity index (χ4v) is 12.8. The molecule has 5 rings (SSSR count). The molecular formula is C45H66IO6P. The van der Waals surface area contributed by atoms with Crippen molar-refractivity contribution in [3.05, 3.63) is 91.0 Å². The van der Waals surface area contributed by atoms with Gasteiger partial charge in [-0.1, -0.05) is 113 Å². The predicted molar refractivity (Wildman–Crippen MR) is 216 cm³/mol. The van der Waals surface area contributed by atoms with E-state index in [2.05, 4.69) is 97.9 Å². The molecular weight excluding hydrogens is 794 g/mol. The minimum absolute atomic E-state index is 0. The number of hydrogen-bond acceptors (Lipinski definition) is 6. The number of rotatable bonds is 25. The van der Waals surface area contributed by atoms with Gasteiger partial charge in [-0.25, -0.2) is 0 Å². The van der Waals surface area contributed by atoms with Crippen molar-refractivity contribution in [2.75, 3.05) is 34.0 Å². The predicted octanol–water partition coefficient (Wildman–Crippen LogP) is 6.37. The quantitative estimate of drug-likeness (QED) is 0.0428. The van der Waals surface area contributed by atoms with Crippen LogP contribution in [0.3, 0.4) is 0 Å². The third-order valence-electron chi connectivity index (χ3n) is 11.1. The Kier molecular flexibility index (Phi) is 20.9. The minimum Gasteiger partial charge on any atom is -1.00 e. The van der Waals surface area contributed by atoms with Crippen LogP contribution in [-0.4, -0.2) is 70.6 Å². The van der Waals surface area contributed by atoms with Crippen molar-refractivity contribution in [2.45, 2.75) is 140 Å². The summed E-state index contributed by atoms with van der Waals surface area (Å²) in [6.07, 6.45) is 18.8. The number of methoxy groups -OCH3 is 2. The lowest BCUT2D eigenvalue weighted by Crippen LogP contribution is -3.00. The Bertz CT molecular complexity index is 1250. The first kappa shape index (κ1) is 44.3. The molecule has 0 aliphatic carbocycles. The van der Waals surface area contributed by atoms with Crippen LogP contribution in [0.15, 0.2) is 91.0 Å². The SMILES string of the molecule is CCCCCCCCCC[C@H](OCOC)[C@H]1CC[C@H]([C@H]2CC[C@H]([C@@H](CCC[P+](c3ccccc3)(c3ccccc3)c3ccccc3)OCOC)O2)O1.[I-]. The zero-order chi connectivity index (χ0) is 36.3. The van der Waals surface area contributed by atoms with E-state index in [1.54, 1.807) is 14.2 Å². The molecule has 6 atom stereocenters. The van der Waals surface area contributed by atoms with E-state index >= 15 is 0 Å². The lowest BCUT2D eigenvalue weighted by molar-refractivity contribution is -0.157. The van der Waals surface area contributed by atoms with E-state index in [1.807, 2.05) is 0 Å². The highest BCUT2D eigenvalue weighted by atomic mass is 127. The summed E-state index contributed by atoms with van der Waals surface area (Å²) in [5.74, 6) is 0. The van der Waals surface area contributed by atoms with Gasteiger partial charge in [-0.3, -0.25) is 0 Å². The molecule has 0 saturated carbocycles. The van der Waals surface area contributed by atoms with E-state index in [1.165, 1.54) is 67.3 Å². The van der Waals surface area contributed by atoms with Crippen molar-refractivity contribution in [3.63, 3.8) is 0 Å². The zero-order valence-electron chi connectivity index (χ0n) is 32.6. The van der Waals surface area contributed by atoms with Crippen molar-refractivity contribution in [2.24, 2.45) is 0 Å². The van der Waals surface area contributed by atoms with Gasteiger partial charge in [0.2, 0.25) is 0 Å². The molecule has 0 radical (unpaired) electrons. The minimum atomic E-state index is -1.91. The fourth-order valence-electron chi connectivity index (χ4n) is 8.43. The summed E-state index contributed by atoms with van der Waals surface area (Å²) < 4.78 is 36.9. The number of halogens is 1. The topological polar surface area (TPSA) is 55.4 Å². The van der Waals surface area contributed by atoms with E-state index in [9.17, 15) is 0 Å². The highest BCUT2D eigenvalue weighted by molar-refractivity contribution is 7.95. The molecule has 2 aliphatic rings. The molecule has 3 aromatic carbocycles. The summed E-state index contributed by atoms with van der Waals surface area (Å²) in [6, 6.07) is 33.4. The lowest BCUT2D eigenvalue weighted by Gasteiger charge is -2.30. The number of ether oxygens (including phenoxy) is 6. The molecule has 0 N–H and O–H groups in total. The molecule has 2 saturated heterocycles. The Morgan fingerprint density at radius 3 is 1.36 bits per heavy atom. The molecule has 2 heterocycles. The van der Waals surface area contributed by atoms with Crippen molar-refractivity contribution in [1.82, 2.24) is 0 Å². The van der Waals surface area contributed by atoms with Gasteiger partial charge in [0.25, 0.3) is 0 Å². The molecule has 8 heteroatoms. The van der Waals surface area contributed by atoms with Crippen LogP contribution in [0, 0.1) is 0 Å². The summed E-state index contributed by atoms with van der Waals surface area (Å²) in [5, 5.41) is 4.26. The molecule has 294 valence electrons. The smallest absolute Gasteiger partial charge is 0.146 e. The second kappa shape index (κ2) is 25.0. The highest BCUT2D eigenvalue weighted by Gasteiger charge is 2.46. The van der Waals surface area contributed by atoms with Crippen LogP contribution < -0.4 is 39.9 Å². The third kappa shape index (κ3) is 13.1. The summed E-state index contributed by atoms with van der Waals surface area (Å²) in [4.78, 5) is 0. The van der Waals surface area contributed by atoms with Crippen LogP contribution in [0.4, 0.5) is 0 Å². The molecule has 2 aliphatic heterocycles. The maximum atomic E-state index is 6.84. The van der Waals surface area contributed by atoms with E-state index in [0.717, 1.165) is 51.1 Å². The van der Waals surface area contributed by atoms with Crippen LogP contribution in [0.5, 0.6) is 0 Å². The van der Waals surface area contributed by atoms with Crippen LogP contribution >= 0.6 is 7.26 Å². The van der Waals surface area contributed by atoms with E-state index in [0.29, 0.717) is 6.79 Å². The normalized spacial score (nSPS) is 21.3. The average Bonchev–Trinajstić information content (AvgIpc) is 3.89. The molecule has 0 unspecified atom stereocenters. The van der Waals surface area contributed by atoms with Gasteiger partial charge in [-0.05, 0) is 81.3 Å². The van der Waals surface area contributed by atoms with Crippen molar-refractivity contribution >= 4 is 23.2 Å². The highest BCUT2D eigenvalue weighted by Crippen LogP contribution is 2.56. The Hall–Kier alpha value is -1.42. The first-order valence-electron chi connectivity index (χ1n) is 20.3. The summed E-state index contributed by atoms with van der Waals surface area (Å²) in [5.41, 5.74) is 0. The monoisotopic (exact) mass is 860 g/mol.